The van der Waals surface area contributed by atoms with Gasteiger partial charge in [0.25, 0.3) is 0 Å². The van der Waals surface area contributed by atoms with E-state index in [9.17, 15) is 4.79 Å². The number of carbonyl (C=O) groups is 1. The lowest BCUT2D eigenvalue weighted by molar-refractivity contribution is -0.122. The minimum Gasteiger partial charge on any atom is -0.383 e. The highest BCUT2D eigenvalue weighted by molar-refractivity contribution is 5.80. The van der Waals surface area contributed by atoms with E-state index >= 15 is 0 Å². The Morgan fingerprint density at radius 2 is 2.10 bits per heavy atom. The summed E-state index contributed by atoms with van der Waals surface area (Å²) in [4.78, 5) is 25.5. The number of rotatable bonds is 9. The Hall–Kier alpha value is -2.98. The summed E-state index contributed by atoms with van der Waals surface area (Å²) in [5, 5.41) is 13.1. The molecule has 1 aliphatic rings. The monoisotopic (exact) mass is 428 g/mol. The maximum atomic E-state index is 12.0. The zero-order valence-corrected chi connectivity index (χ0v) is 18.3. The van der Waals surface area contributed by atoms with Gasteiger partial charge in [-0.05, 0) is 18.6 Å². The number of aromatic nitrogens is 3. The quantitative estimate of drug-likeness (QED) is 0.300. The molecule has 1 amide bonds. The van der Waals surface area contributed by atoms with E-state index in [1.807, 2.05) is 12.1 Å². The molecule has 0 saturated carbocycles. The van der Waals surface area contributed by atoms with Crippen LogP contribution in [0.25, 0.3) is 11.4 Å². The van der Waals surface area contributed by atoms with Gasteiger partial charge in [-0.2, -0.15) is 5.10 Å². The van der Waals surface area contributed by atoms with E-state index in [4.69, 9.17) is 9.73 Å². The summed E-state index contributed by atoms with van der Waals surface area (Å²) in [6.07, 6.45) is 1.51. The van der Waals surface area contributed by atoms with E-state index in [2.05, 4.69) is 54.7 Å². The van der Waals surface area contributed by atoms with Crippen LogP contribution in [0.3, 0.4) is 0 Å². The zero-order chi connectivity index (χ0) is 21.9. The highest BCUT2D eigenvalue weighted by Gasteiger charge is 2.21. The number of H-pyrrole nitrogens is 1. The van der Waals surface area contributed by atoms with Gasteiger partial charge in [-0.25, -0.2) is 9.98 Å². The number of hydrogen-bond acceptors (Lipinski definition) is 6. The Bertz CT molecular complexity index is 832. The highest BCUT2D eigenvalue weighted by Crippen LogP contribution is 2.16. The normalized spacial score (nSPS) is 15.2. The van der Waals surface area contributed by atoms with E-state index in [0.29, 0.717) is 26.2 Å². The molecule has 1 aromatic heterocycles. The lowest BCUT2D eigenvalue weighted by Crippen LogP contribution is -2.54. The Morgan fingerprint density at radius 3 is 2.81 bits per heavy atom. The second-order valence-electron chi connectivity index (χ2n) is 7.31. The van der Waals surface area contributed by atoms with Crippen LogP contribution in [0, 0.1) is 0 Å². The number of guanidine groups is 1. The molecule has 1 aliphatic heterocycles. The van der Waals surface area contributed by atoms with E-state index in [1.165, 1.54) is 6.33 Å². The van der Waals surface area contributed by atoms with Gasteiger partial charge in [0.05, 0.1) is 19.7 Å². The van der Waals surface area contributed by atoms with Crippen LogP contribution < -0.4 is 10.6 Å². The molecule has 0 aliphatic carbocycles. The van der Waals surface area contributed by atoms with Gasteiger partial charge in [-0.3, -0.25) is 14.8 Å². The summed E-state index contributed by atoms with van der Waals surface area (Å²) in [7, 11) is 1.63. The maximum absolute atomic E-state index is 12.0. The van der Waals surface area contributed by atoms with Crippen molar-refractivity contribution in [2.45, 2.75) is 13.5 Å². The number of carbonyl (C=O) groups excluding carboxylic acids is 1. The molecule has 10 nitrogen and oxygen atoms in total. The van der Waals surface area contributed by atoms with E-state index < -0.39 is 0 Å². The molecule has 10 heteroatoms. The van der Waals surface area contributed by atoms with Gasteiger partial charge in [0.1, 0.15) is 6.33 Å². The number of piperazine rings is 1. The number of methoxy groups -OCH3 is 1. The molecule has 0 radical (unpaired) electrons. The first-order valence-electron chi connectivity index (χ1n) is 10.7. The number of amides is 1. The van der Waals surface area contributed by atoms with Crippen molar-refractivity contribution in [2.75, 3.05) is 59.5 Å². The molecule has 1 saturated heterocycles. The molecule has 31 heavy (non-hydrogen) atoms. The number of nitrogens with zero attached hydrogens (tertiary/aromatic N) is 5. The predicted octanol–water partition coefficient (Wildman–Crippen LogP) is 0.317. The molecule has 1 fully saturated rings. The van der Waals surface area contributed by atoms with Gasteiger partial charge in [-0.1, -0.05) is 18.2 Å². The second-order valence-corrected chi connectivity index (χ2v) is 7.31. The third-order valence-corrected chi connectivity index (χ3v) is 5.03. The van der Waals surface area contributed by atoms with Crippen molar-refractivity contribution >= 4 is 11.9 Å². The first-order valence-corrected chi connectivity index (χ1v) is 10.7. The van der Waals surface area contributed by atoms with Crippen molar-refractivity contribution in [3.63, 3.8) is 0 Å². The summed E-state index contributed by atoms with van der Waals surface area (Å²) in [6.45, 7) is 8.25. The molecule has 2 heterocycles. The van der Waals surface area contributed by atoms with Gasteiger partial charge in [0.2, 0.25) is 5.91 Å². The minimum atomic E-state index is 0.0395. The fraction of sp³-hybridized carbons (Fsp3) is 0.524. The van der Waals surface area contributed by atoms with Crippen LogP contribution in [0.15, 0.2) is 35.6 Å². The Kier molecular flexibility index (Phi) is 8.80. The van der Waals surface area contributed by atoms with Crippen LogP contribution in [0.2, 0.25) is 0 Å². The molecule has 0 spiro atoms. The first kappa shape index (κ1) is 22.7. The minimum absolute atomic E-state index is 0.0395. The van der Waals surface area contributed by atoms with Crippen molar-refractivity contribution < 1.29 is 9.53 Å². The lowest BCUT2D eigenvalue weighted by atomic mass is 10.1. The van der Waals surface area contributed by atoms with Crippen molar-refractivity contribution in [1.29, 1.82) is 0 Å². The Balaban J connectivity index is 1.53. The molecule has 3 rings (SSSR count). The van der Waals surface area contributed by atoms with Gasteiger partial charge in [0.15, 0.2) is 11.8 Å². The number of benzene rings is 1. The molecule has 1 aromatic carbocycles. The number of aliphatic imine (C=N–C) groups is 1. The largest absolute Gasteiger partial charge is 0.383 e. The van der Waals surface area contributed by atoms with Crippen LogP contribution in [0.4, 0.5) is 0 Å². The Labute approximate surface area is 183 Å². The van der Waals surface area contributed by atoms with Gasteiger partial charge >= 0.3 is 0 Å². The van der Waals surface area contributed by atoms with Crippen LogP contribution in [-0.4, -0.2) is 96.4 Å². The van der Waals surface area contributed by atoms with E-state index in [-0.39, 0.29) is 5.91 Å². The second kappa shape index (κ2) is 12.0. The number of aromatic amines is 1. The third-order valence-electron chi connectivity index (χ3n) is 5.03. The number of ether oxygens (including phenoxy) is 1. The molecular formula is C21H32N8O2. The average molecular weight is 429 g/mol. The van der Waals surface area contributed by atoms with E-state index in [1.54, 1.807) is 7.11 Å². The third kappa shape index (κ3) is 7.04. The fourth-order valence-corrected chi connectivity index (χ4v) is 3.42. The van der Waals surface area contributed by atoms with Gasteiger partial charge in [0, 0.05) is 51.9 Å². The molecular weight excluding hydrogens is 396 g/mol. The predicted molar refractivity (Wildman–Crippen MR) is 120 cm³/mol. The average Bonchev–Trinajstić information content (AvgIpc) is 3.33. The van der Waals surface area contributed by atoms with Crippen molar-refractivity contribution in [2.24, 2.45) is 4.99 Å². The van der Waals surface area contributed by atoms with Crippen LogP contribution >= 0.6 is 0 Å². The van der Waals surface area contributed by atoms with Crippen LogP contribution in [-0.2, 0) is 16.1 Å². The number of nitrogens with one attached hydrogen (secondary N) is 3. The van der Waals surface area contributed by atoms with E-state index in [0.717, 1.165) is 55.6 Å². The summed E-state index contributed by atoms with van der Waals surface area (Å²) < 4.78 is 4.96. The Morgan fingerprint density at radius 1 is 1.26 bits per heavy atom. The highest BCUT2D eigenvalue weighted by atomic mass is 16.5. The van der Waals surface area contributed by atoms with Gasteiger partial charge < -0.3 is 20.3 Å². The van der Waals surface area contributed by atoms with Crippen molar-refractivity contribution in [3.05, 3.63) is 36.2 Å². The summed E-state index contributed by atoms with van der Waals surface area (Å²) in [5.41, 5.74) is 2.10. The van der Waals surface area contributed by atoms with Crippen LogP contribution in [0.1, 0.15) is 12.5 Å². The number of hydrogen-bond donors (Lipinski definition) is 3. The smallest absolute Gasteiger partial charge is 0.234 e. The standard InChI is InChI=1S/C21H32N8O2/c1-3-22-21(24-14-17-5-4-6-18(13-17)20-25-16-26-27-20)29-10-8-28(9-11-29)15-19(30)23-7-12-31-2/h4-6,13,16H,3,7-12,14-15H2,1-2H3,(H,22,24)(H,23,30)(H,25,26,27). The zero-order valence-electron chi connectivity index (χ0n) is 18.3. The van der Waals surface area contributed by atoms with Crippen molar-refractivity contribution in [1.82, 2.24) is 35.6 Å². The molecule has 2 aromatic rings. The maximum Gasteiger partial charge on any atom is 0.234 e. The summed E-state index contributed by atoms with van der Waals surface area (Å²) >= 11 is 0. The van der Waals surface area contributed by atoms with Gasteiger partial charge in [-0.15, -0.1) is 0 Å². The molecule has 3 N–H and O–H groups in total. The molecule has 168 valence electrons. The van der Waals surface area contributed by atoms with Crippen LogP contribution in [0.5, 0.6) is 0 Å². The SMILES string of the molecule is CCNC(=NCc1cccc(-c2ncn[nH]2)c1)N1CCN(CC(=O)NCCOC)CC1. The summed E-state index contributed by atoms with van der Waals surface area (Å²) in [5.74, 6) is 1.69. The molecule has 0 unspecified atom stereocenters. The topological polar surface area (TPSA) is 111 Å². The first-order chi connectivity index (χ1) is 15.2. The molecule has 0 atom stereocenters. The summed E-state index contributed by atoms with van der Waals surface area (Å²) in [6, 6.07) is 8.15. The fourth-order valence-electron chi connectivity index (χ4n) is 3.42. The lowest BCUT2D eigenvalue weighted by Gasteiger charge is -2.36. The molecule has 0 bridgehead atoms. The van der Waals surface area contributed by atoms with Crippen molar-refractivity contribution in [3.8, 4) is 11.4 Å².